The zero-order valence-electron chi connectivity index (χ0n) is 11.0. The van der Waals surface area contributed by atoms with Crippen LogP contribution in [-0.2, 0) is 0 Å². The van der Waals surface area contributed by atoms with E-state index in [1.165, 1.54) is 42.0 Å². The minimum Gasteiger partial charge on any atom is -0.354 e. The third kappa shape index (κ3) is 1.56. The maximum absolute atomic E-state index is 3.61. The molecule has 21 heavy (non-hydrogen) atoms. The summed E-state index contributed by atoms with van der Waals surface area (Å²) in [5, 5.41) is 5.26. The minimum atomic E-state index is 1.12. The third-order valence-corrected chi connectivity index (χ3v) is 5.70. The zero-order valence-corrected chi connectivity index (χ0v) is 13.4. The van der Waals surface area contributed by atoms with Gasteiger partial charge in [-0.15, -0.1) is 11.3 Å². The van der Waals surface area contributed by atoms with Crippen LogP contribution in [0.1, 0.15) is 0 Å². The fourth-order valence-electron chi connectivity index (χ4n) is 3.15. The number of rotatable bonds is 0. The van der Waals surface area contributed by atoms with Gasteiger partial charge >= 0.3 is 0 Å². The van der Waals surface area contributed by atoms with Crippen molar-refractivity contribution in [3.63, 3.8) is 0 Å². The molecule has 100 valence electrons. The highest BCUT2D eigenvalue weighted by Crippen LogP contribution is 2.40. The van der Waals surface area contributed by atoms with Crippen molar-refractivity contribution in [2.45, 2.75) is 0 Å². The van der Waals surface area contributed by atoms with Gasteiger partial charge in [-0.3, -0.25) is 0 Å². The van der Waals surface area contributed by atoms with Gasteiger partial charge < -0.3 is 4.98 Å². The van der Waals surface area contributed by atoms with Crippen molar-refractivity contribution in [2.24, 2.45) is 0 Å². The largest absolute Gasteiger partial charge is 0.354 e. The number of aromatic amines is 1. The van der Waals surface area contributed by atoms with Crippen LogP contribution in [0.5, 0.6) is 0 Å². The second kappa shape index (κ2) is 4.09. The molecule has 0 saturated heterocycles. The van der Waals surface area contributed by atoms with Gasteiger partial charge in [0.1, 0.15) is 0 Å². The Hall–Kier alpha value is -1.84. The number of benzene rings is 3. The van der Waals surface area contributed by atoms with Crippen LogP contribution >= 0.6 is 27.3 Å². The quantitative estimate of drug-likeness (QED) is 0.330. The number of H-pyrrole nitrogens is 1. The van der Waals surface area contributed by atoms with E-state index >= 15 is 0 Å². The van der Waals surface area contributed by atoms with Gasteiger partial charge in [0.05, 0.1) is 5.52 Å². The molecule has 0 radical (unpaired) electrons. The van der Waals surface area contributed by atoms with Crippen molar-refractivity contribution in [3.8, 4) is 0 Å². The number of thiophene rings is 1. The Bertz CT molecular complexity index is 1150. The van der Waals surface area contributed by atoms with E-state index in [4.69, 9.17) is 0 Å². The summed E-state index contributed by atoms with van der Waals surface area (Å²) in [5.74, 6) is 0. The first-order chi connectivity index (χ1) is 10.3. The van der Waals surface area contributed by atoms with Crippen LogP contribution in [0.15, 0.2) is 59.1 Å². The van der Waals surface area contributed by atoms with Crippen molar-refractivity contribution >= 4 is 69.2 Å². The number of fused-ring (bicyclic) bond motifs is 7. The normalized spacial score (nSPS) is 12.0. The molecular formula is C18H10BrNS. The number of aromatic nitrogens is 1. The number of hydrogen-bond acceptors (Lipinski definition) is 1. The standard InChI is InChI=1S/C18H10BrNS/c19-10-5-7-14-13(9-10)11-6-8-16-17(18(11)20-14)12-3-1-2-4-15(12)21-16/h1-9,20H. The molecule has 0 unspecified atom stereocenters. The van der Waals surface area contributed by atoms with Gasteiger partial charge in [0.15, 0.2) is 0 Å². The molecule has 5 aromatic rings. The van der Waals surface area contributed by atoms with E-state index in [9.17, 15) is 0 Å². The molecule has 0 fully saturated rings. The Morgan fingerprint density at radius 1 is 0.810 bits per heavy atom. The second-order valence-electron chi connectivity index (χ2n) is 5.27. The summed E-state index contributed by atoms with van der Waals surface area (Å²) in [5.41, 5.74) is 2.44. The van der Waals surface area contributed by atoms with Gasteiger partial charge in [-0.2, -0.15) is 0 Å². The van der Waals surface area contributed by atoms with Crippen LogP contribution in [-0.4, -0.2) is 4.98 Å². The minimum absolute atomic E-state index is 1.12. The van der Waals surface area contributed by atoms with Gasteiger partial charge in [-0.25, -0.2) is 0 Å². The van der Waals surface area contributed by atoms with Crippen molar-refractivity contribution in [2.75, 3.05) is 0 Å². The Morgan fingerprint density at radius 2 is 1.71 bits per heavy atom. The smallest absolute Gasteiger partial charge is 0.0559 e. The first-order valence-electron chi connectivity index (χ1n) is 6.82. The molecule has 0 atom stereocenters. The maximum Gasteiger partial charge on any atom is 0.0559 e. The highest BCUT2D eigenvalue weighted by molar-refractivity contribution is 9.10. The molecule has 2 aromatic heterocycles. The molecule has 5 rings (SSSR count). The van der Waals surface area contributed by atoms with E-state index in [2.05, 4.69) is 75.5 Å². The van der Waals surface area contributed by atoms with E-state index < -0.39 is 0 Å². The molecule has 0 aliphatic carbocycles. The van der Waals surface area contributed by atoms with Gasteiger partial charge in [0, 0.05) is 40.9 Å². The molecule has 0 amide bonds. The van der Waals surface area contributed by atoms with E-state index in [0.29, 0.717) is 0 Å². The molecule has 0 aliphatic rings. The highest BCUT2D eigenvalue weighted by Gasteiger charge is 2.12. The lowest BCUT2D eigenvalue weighted by molar-refractivity contribution is 1.56. The van der Waals surface area contributed by atoms with E-state index in [0.717, 1.165) is 4.47 Å². The van der Waals surface area contributed by atoms with E-state index in [1.807, 2.05) is 11.3 Å². The summed E-state index contributed by atoms with van der Waals surface area (Å²) < 4.78 is 3.81. The predicted molar refractivity (Wildman–Crippen MR) is 96.4 cm³/mol. The number of nitrogens with one attached hydrogen (secondary N) is 1. The topological polar surface area (TPSA) is 15.8 Å². The van der Waals surface area contributed by atoms with Crippen molar-refractivity contribution in [1.29, 1.82) is 0 Å². The molecule has 1 N–H and O–H groups in total. The third-order valence-electron chi connectivity index (χ3n) is 4.07. The van der Waals surface area contributed by atoms with Crippen LogP contribution < -0.4 is 0 Å². The van der Waals surface area contributed by atoms with Gasteiger partial charge in [-0.1, -0.05) is 40.2 Å². The molecule has 1 nitrogen and oxygen atoms in total. The average molecular weight is 352 g/mol. The van der Waals surface area contributed by atoms with Crippen LogP contribution in [0.3, 0.4) is 0 Å². The summed E-state index contributed by atoms with van der Waals surface area (Å²) in [6.45, 7) is 0. The molecule has 3 heteroatoms. The fraction of sp³-hybridized carbons (Fsp3) is 0. The van der Waals surface area contributed by atoms with Gasteiger partial charge in [0.2, 0.25) is 0 Å². The first-order valence-corrected chi connectivity index (χ1v) is 8.43. The molecule has 3 aromatic carbocycles. The second-order valence-corrected chi connectivity index (χ2v) is 7.27. The lowest BCUT2D eigenvalue weighted by Crippen LogP contribution is -1.71. The molecule has 0 saturated carbocycles. The molecular weight excluding hydrogens is 342 g/mol. The van der Waals surface area contributed by atoms with E-state index in [-0.39, 0.29) is 0 Å². The fourth-order valence-corrected chi connectivity index (χ4v) is 4.63. The number of halogens is 1. The lowest BCUT2D eigenvalue weighted by atomic mass is 10.1. The monoisotopic (exact) mass is 351 g/mol. The van der Waals surface area contributed by atoms with Crippen LogP contribution in [0, 0.1) is 0 Å². The van der Waals surface area contributed by atoms with Crippen molar-refractivity contribution in [3.05, 3.63) is 59.1 Å². The maximum atomic E-state index is 3.61. The van der Waals surface area contributed by atoms with Crippen LogP contribution in [0.2, 0.25) is 0 Å². The number of hydrogen-bond donors (Lipinski definition) is 1. The molecule has 0 bridgehead atoms. The highest BCUT2D eigenvalue weighted by atomic mass is 79.9. The molecule has 2 heterocycles. The Kier molecular flexibility index (Phi) is 2.29. The Balaban J connectivity index is 2.10. The molecule has 0 aliphatic heterocycles. The Morgan fingerprint density at radius 3 is 2.67 bits per heavy atom. The van der Waals surface area contributed by atoms with Gasteiger partial charge in [0.25, 0.3) is 0 Å². The molecule has 0 spiro atoms. The first kappa shape index (κ1) is 11.8. The summed E-state index contributed by atoms with van der Waals surface area (Å²) in [6, 6.07) is 19.5. The van der Waals surface area contributed by atoms with Crippen molar-refractivity contribution < 1.29 is 0 Å². The zero-order chi connectivity index (χ0) is 14.0. The van der Waals surface area contributed by atoms with E-state index in [1.54, 1.807) is 0 Å². The SMILES string of the molecule is Brc1ccc2[nH]c3c(ccc4sc5ccccc5c43)c2c1. The summed E-state index contributed by atoms with van der Waals surface area (Å²) in [6.07, 6.45) is 0. The summed E-state index contributed by atoms with van der Waals surface area (Å²) >= 11 is 5.43. The van der Waals surface area contributed by atoms with Crippen molar-refractivity contribution in [1.82, 2.24) is 4.98 Å². The average Bonchev–Trinajstić information content (AvgIpc) is 3.04. The lowest BCUT2D eigenvalue weighted by Gasteiger charge is -1.95. The van der Waals surface area contributed by atoms with Crippen LogP contribution in [0.4, 0.5) is 0 Å². The summed E-state index contributed by atoms with van der Waals surface area (Å²) in [4.78, 5) is 3.61. The Labute approximate surface area is 133 Å². The predicted octanol–water partition coefficient (Wildman–Crippen LogP) is 6.45. The van der Waals surface area contributed by atoms with Gasteiger partial charge in [-0.05, 0) is 30.3 Å². The van der Waals surface area contributed by atoms with Crippen LogP contribution in [0.25, 0.3) is 42.0 Å². The summed E-state index contributed by atoms with van der Waals surface area (Å²) in [7, 11) is 0.